The van der Waals surface area contributed by atoms with Gasteiger partial charge in [-0.1, -0.05) is 41.9 Å². The molecule has 2 nitrogen and oxygen atoms in total. The Morgan fingerprint density at radius 2 is 2.13 bits per heavy atom. The molecule has 4 heteroatoms. The fraction of sp³-hybridized carbons (Fsp3) is 0. The Bertz CT molecular complexity index is 503. The Morgan fingerprint density at radius 3 is 2.80 bits per heavy atom. The van der Waals surface area contributed by atoms with Gasteiger partial charge in [-0.25, -0.2) is 0 Å². The number of hydrogen-bond acceptors (Lipinski definition) is 1. The van der Waals surface area contributed by atoms with Crippen LogP contribution >= 0.6 is 23.2 Å². The van der Waals surface area contributed by atoms with E-state index in [1.807, 2.05) is 18.2 Å². The van der Waals surface area contributed by atoms with E-state index in [1.165, 1.54) is 0 Å². The van der Waals surface area contributed by atoms with Crippen molar-refractivity contribution < 1.29 is 0 Å². The monoisotopic (exact) mass is 238 g/mol. The lowest BCUT2D eigenvalue weighted by Gasteiger charge is -2.01. The molecule has 0 bridgehead atoms. The Hall–Kier alpha value is -1.25. The van der Waals surface area contributed by atoms with Crippen LogP contribution in [0.1, 0.15) is 5.69 Å². The summed E-state index contributed by atoms with van der Waals surface area (Å²) in [6.07, 6.45) is 1.69. The summed E-state index contributed by atoms with van der Waals surface area (Å²) < 4.78 is 0. The highest BCUT2D eigenvalue weighted by Crippen LogP contribution is 2.32. The highest BCUT2D eigenvalue weighted by Gasteiger charge is 2.09. The molecule has 0 saturated heterocycles. The molecule has 1 aromatic heterocycles. The molecule has 0 unspecified atom stereocenters. The lowest BCUT2D eigenvalue weighted by molar-refractivity contribution is 1.08. The number of halogens is 2. The van der Waals surface area contributed by atoms with Gasteiger partial charge >= 0.3 is 0 Å². The zero-order valence-corrected chi connectivity index (χ0v) is 9.31. The minimum atomic E-state index is 0.515. The number of aromatic amines is 1. The van der Waals surface area contributed by atoms with Crippen molar-refractivity contribution in [2.45, 2.75) is 0 Å². The smallest absolute Gasteiger partial charge is 0.0942 e. The first-order valence-corrected chi connectivity index (χ1v) is 5.10. The van der Waals surface area contributed by atoms with Gasteiger partial charge in [0.1, 0.15) is 0 Å². The van der Waals surface area contributed by atoms with Gasteiger partial charge in [-0.05, 0) is 18.2 Å². The van der Waals surface area contributed by atoms with Crippen LogP contribution in [0.2, 0.25) is 10.0 Å². The number of aromatic nitrogens is 2. The van der Waals surface area contributed by atoms with Crippen LogP contribution < -0.4 is 0 Å². The average molecular weight is 239 g/mol. The number of nitrogens with zero attached hydrogens (tertiary/aromatic N) is 1. The molecule has 1 heterocycles. The van der Waals surface area contributed by atoms with Crippen LogP contribution in [0, 0.1) is 0 Å². The molecule has 0 aliphatic carbocycles. The summed E-state index contributed by atoms with van der Waals surface area (Å²) in [7, 11) is 0. The largest absolute Gasteiger partial charge is 0.278 e. The van der Waals surface area contributed by atoms with Crippen LogP contribution in [0.15, 0.2) is 30.8 Å². The highest BCUT2D eigenvalue weighted by atomic mass is 35.5. The van der Waals surface area contributed by atoms with Gasteiger partial charge in [-0.15, -0.1) is 0 Å². The van der Waals surface area contributed by atoms with Crippen LogP contribution in [0.3, 0.4) is 0 Å². The van der Waals surface area contributed by atoms with E-state index in [4.69, 9.17) is 23.2 Å². The molecule has 76 valence electrons. The molecule has 2 aromatic rings. The molecule has 15 heavy (non-hydrogen) atoms. The summed E-state index contributed by atoms with van der Waals surface area (Å²) in [6, 6.07) is 7.32. The van der Waals surface area contributed by atoms with Gasteiger partial charge < -0.3 is 0 Å². The van der Waals surface area contributed by atoms with Crippen molar-refractivity contribution in [3.8, 4) is 11.3 Å². The molecular formula is C11H8Cl2N2. The molecule has 1 N–H and O–H groups in total. The topological polar surface area (TPSA) is 28.7 Å². The molecule has 2 rings (SSSR count). The van der Waals surface area contributed by atoms with Crippen LogP contribution in [-0.4, -0.2) is 10.2 Å². The molecule has 0 amide bonds. The molecule has 0 aliphatic rings. The molecule has 1 aromatic carbocycles. The lowest BCUT2D eigenvalue weighted by atomic mass is 10.1. The third kappa shape index (κ3) is 1.91. The minimum absolute atomic E-state index is 0.515. The summed E-state index contributed by atoms with van der Waals surface area (Å²) in [4.78, 5) is 0. The van der Waals surface area contributed by atoms with Crippen molar-refractivity contribution in [2.75, 3.05) is 0 Å². The molecule has 0 spiro atoms. The number of benzene rings is 1. The summed E-state index contributed by atoms with van der Waals surface area (Å²) in [5, 5.41) is 7.99. The maximum atomic E-state index is 6.07. The SMILES string of the molecule is C=Cc1cc(-c2cccc(Cl)c2Cl)n[nH]1. The second kappa shape index (κ2) is 4.09. The first-order chi connectivity index (χ1) is 7.22. The predicted molar refractivity (Wildman–Crippen MR) is 64.1 cm³/mol. The van der Waals surface area contributed by atoms with Crippen LogP contribution in [0.5, 0.6) is 0 Å². The Labute approximate surface area is 97.5 Å². The van der Waals surface area contributed by atoms with Gasteiger partial charge in [0.15, 0.2) is 0 Å². The fourth-order valence-corrected chi connectivity index (χ4v) is 1.68. The number of hydrogen-bond donors (Lipinski definition) is 1. The van der Waals surface area contributed by atoms with E-state index in [2.05, 4.69) is 16.8 Å². The minimum Gasteiger partial charge on any atom is -0.278 e. The van der Waals surface area contributed by atoms with Crippen molar-refractivity contribution in [2.24, 2.45) is 0 Å². The van der Waals surface area contributed by atoms with Crippen molar-refractivity contribution in [3.63, 3.8) is 0 Å². The van der Waals surface area contributed by atoms with Crippen molar-refractivity contribution >= 4 is 29.3 Å². The summed E-state index contributed by atoms with van der Waals surface area (Å²) >= 11 is 12.0. The maximum absolute atomic E-state index is 6.07. The average Bonchev–Trinajstić information content (AvgIpc) is 2.70. The van der Waals surface area contributed by atoms with E-state index in [1.54, 1.807) is 12.1 Å². The molecule has 0 saturated carbocycles. The van der Waals surface area contributed by atoms with E-state index in [-0.39, 0.29) is 0 Å². The molecule has 0 aliphatic heterocycles. The number of H-pyrrole nitrogens is 1. The zero-order valence-electron chi connectivity index (χ0n) is 7.80. The Kier molecular flexibility index (Phi) is 2.80. The molecular weight excluding hydrogens is 231 g/mol. The summed E-state index contributed by atoms with van der Waals surface area (Å²) in [5.74, 6) is 0. The third-order valence-electron chi connectivity index (χ3n) is 2.05. The van der Waals surface area contributed by atoms with E-state index in [0.717, 1.165) is 17.0 Å². The van der Waals surface area contributed by atoms with Gasteiger partial charge in [-0.2, -0.15) is 5.10 Å². The van der Waals surface area contributed by atoms with Gasteiger partial charge in [0.25, 0.3) is 0 Å². The molecule has 0 atom stereocenters. The van der Waals surface area contributed by atoms with Crippen molar-refractivity contribution in [1.82, 2.24) is 10.2 Å². The molecule has 0 fully saturated rings. The van der Waals surface area contributed by atoms with Gasteiger partial charge in [0.2, 0.25) is 0 Å². The number of rotatable bonds is 2. The van der Waals surface area contributed by atoms with Gasteiger partial charge in [0.05, 0.1) is 21.4 Å². The highest BCUT2D eigenvalue weighted by molar-refractivity contribution is 6.43. The van der Waals surface area contributed by atoms with E-state index in [0.29, 0.717) is 10.0 Å². The number of nitrogens with one attached hydrogen (secondary N) is 1. The van der Waals surface area contributed by atoms with E-state index in [9.17, 15) is 0 Å². The molecule has 0 radical (unpaired) electrons. The van der Waals surface area contributed by atoms with Crippen LogP contribution in [0.25, 0.3) is 17.3 Å². The second-order valence-electron chi connectivity index (χ2n) is 3.01. The normalized spacial score (nSPS) is 10.3. The quantitative estimate of drug-likeness (QED) is 0.842. The lowest BCUT2D eigenvalue weighted by Crippen LogP contribution is -1.80. The van der Waals surface area contributed by atoms with Crippen LogP contribution in [0.4, 0.5) is 0 Å². The van der Waals surface area contributed by atoms with Crippen LogP contribution in [-0.2, 0) is 0 Å². The Morgan fingerprint density at radius 1 is 1.33 bits per heavy atom. The fourth-order valence-electron chi connectivity index (χ4n) is 1.28. The zero-order chi connectivity index (χ0) is 10.8. The van der Waals surface area contributed by atoms with E-state index < -0.39 is 0 Å². The van der Waals surface area contributed by atoms with Gasteiger partial charge in [0, 0.05) is 5.56 Å². The predicted octanol–water partition coefficient (Wildman–Crippen LogP) is 4.03. The summed E-state index contributed by atoms with van der Waals surface area (Å²) in [5.41, 5.74) is 2.42. The maximum Gasteiger partial charge on any atom is 0.0942 e. The van der Waals surface area contributed by atoms with Gasteiger partial charge in [-0.3, -0.25) is 5.10 Å². The first-order valence-electron chi connectivity index (χ1n) is 4.34. The van der Waals surface area contributed by atoms with Crippen molar-refractivity contribution in [3.05, 3.63) is 46.6 Å². The van der Waals surface area contributed by atoms with Crippen molar-refractivity contribution in [1.29, 1.82) is 0 Å². The Balaban J connectivity index is 2.53. The second-order valence-corrected chi connectivity index (χ2v) is 3.80. The van der Waals surface area contributed by atoms with E-state index >= 15 is 0 Å². The standard InChI is InChI=1S/C11H8Cl2N2/c1-2-7-6-10(15-14-7)8-4-3-5-9(12)11(8)13/h2-6H,1H2,(H,14,15). The first kappa shape index (κ1) is 10.3. The third-order valence-corrected chi connectivity index (χ3v) is 2.86. The summed E-state index contributed by atoms with van der Waals surface area (Å²) in [6.45, 7) is 3.65.